The molecule has 0 aliphatic carbocycles. The minimum atomic E-state index is 0.297. The molecule has 15 heavy (non-hydrogen) atoms. The standard InChI is InChI=1S/C12H20N2S/c1-5-15-11-8-6-10(7-9-11)12(13-2)14(3)4/h6-9,12-13H,5H2,1-4H3. The van der Waals surface area contributed by atoms with Crippen molar-refractivity contribution in [1.82, 2.24) is 10.2 Å². The summed E-state index contributed by atoms with van der Waals surface area (Å²) in [6.45, 7) is 2.18. The van der Waals surface area contributed by atoms with Crippen LogP contribution in [0.3, 0.4) is 0 Å². The maximum atomic E-state index is 3.29. The highest BCUT2D eigenvalue weighted by molar-refractivity contribution is 7.99. The summed E-state index contributed by atoms with van der Waals surface area (Å²) in [5.41, 5.74) is 1.31. The topological polar surface area (TPSA) is 15.3 Å². The van der Waals surface area contributed by atoms with Gasteiger partial charge < -0.3 is 5.32 Å². The molecule has 0 heterocycles. The predicted octanol–water partition coefficient (Wildman–Crippen LogP) is 2.58. The van der Waals surface area contributed by atoms with Gasteiger partial charge in [0, 0.05) is 4.90 Å². The molecule has 84 valence electrons. The van der Waals surface area contributed by atoms with Gasteiger partial charge in [0.15, 0.2) is 0 Å². The molecule has 1 rings (SSSR count). The Bertz CT molecular complexity index is 282. The second kappa shape index (κ2) is 6.16. The molecule has 1 unspecified atom stereocenters. The van der Waals surface area contributed by atoms with Crippen molar-refractivity contribution in [3.63, 3.8) is 0 Å². The SMILES string of the molecule is CCSc1ccc(C(NC)N(C)C)cc1. The fraction of sp³-hybridized carbons (Fsp3) is 0.500. The van der Waals surface area contributed by atoms with Crippen LogP contribution in [-0.4, -0.2) is 31.8 Å². The lowest BCUT2D eigenvalue weighted by Gasteiger charge is -2.24. The van der Waals surface area contributed by atoms with Gasteiger partial charge >= 0.3 is 0 Å². The molecule has 1 atom stereocenters. The van der Waals surface area contributed by atoms with Crippen molar-refractivity contribution in [2.45, 2.75) is 18.0 Å². The maximum absolute atomic E-state index is 3.29. The maximum Gasteiger partial charge on any atom is 0.0853 e. The minimum absolute atomic E-state index is 0.297. The summed E-state index contributed by atoms with van der Waals surface area (Å²) in [5, 5.41) is 3.29. The van der Waals surface area contributed by atoms with Gasteiger partial charge in [-0.1, -0.05) is 19.1 Å². The minimum Gasteiger partial charge on any atom is -0.301 e. The molecule has 0 radical (unpaired) electrons. The van der Waals surface area contributed by atoms with Gasteiger partial charge in [-0.2, -0.15) is 0 Å². The molecule has 0 bridgehead atoms. The molecule has 2 nitrogen and oxygen atoms in total. The summed E-state index contributed by atoms with van der Waals surface area (Å²) in [4.78, 5) is 3.51. The van der Waals surface area contributed by atoms with E-state index in [0.29, 0.717) is 6.17 Å². The normalized spacial score (nSPS) is 13.1. The van der Waals surface area contributed by atoms with E-state index >= 15 is 0 Å². The van der Waals surface area contributed by atoms with Crippen molar-refractivity contribution in [2.24, 2.45) is 0 Å². The van der Waals surface area contributed by atoms with Gasteiger partial charge in [0.05, 0.1) is 6.17 Å². The number of hydrogen-bond acceptors (Lipinski definition) is 3. The quantitative estimate of drug-likeness (QED) is 0.611. The first-order valence-corrected chi connectivity index (χ1v) is 6.24. The van der Waals surface area contributed by atoms with E-state index in [1.165, 1.54) is 10.5 Å². The number of nitrogens with zero attached hydrogens (tertiary/aromatic N) is 1. The van der Waals surface area contributed by atoms with Crippen molar-refractivity contribution in [3.8, 4) is 0 Å². The van der Waals surface area contributed by atoms with E-state index in [0.717, 1.165) is 5.75 Å². The van der Waals surface area contributed by atoms with Crippen molar-refractivity contribution in [1.29, 1.82) is 0 Å². The molecular formula is C12H20N2S. The van der Waals surface area contributed by atoms with Gasteiger partial charge in [0.2, 0.25) is 0 Å². The van der Waals surface area contributed by atoms with Crippen molar-refractivity contribution in [3.05, 3.63) is 29.8 Å². The summed E-state index contributed by atoms with van der Waals surface area (Å²) in [6, 6.07) is 8.77. The molecule has 0 aliphatic heterocycles. The molecule has 0 saturated heterocycles. The Labute approximate surface area is 97.1 Å². The predicted molar refractivity (Wildman–Crippen MR) is 68.3 cm³/mol. The second-order valence-corrected chi connectivity index (χ2v) is 4.99. The first-order chi connectivity index (χ1) is 7.19. The van der Waals surface area contributed by atoms with E-state index in [1.54, 1.807) is 0 Å². The Morgan fingerprint density at radius 1 is 1.27 bits per heavy atom. The summed E-state index contributed by atoms with van der Waals surface area (Å²) >= 11 is 1.88. The Morgan fingerprint density at radius 3 is 2.27 bits per heavy atom. The van der Waals surface area contributed by atoms with Crippen molar-refractivity contribution >= 4 is 11.8 Å². The molecule has 3 heteroatoms. The van der Waals surface area contributed by atoms with Gasteiger partial charge in [0.1, 0.15) is 0 Å². The molecule has 0 aliphatic rings. The van der Waals surface area contributed by atoms with E-state index in [1.807, 2.05) is 18.8 Å². The Balaban J connectivity index is 2.77. The number of nitrogens with one attached hydrogen (secondary N) is 1. The van der Waals surface area contributed by atoms with Gasteiger partial charge in [-0.25, -0.2) is 0 Å². The van der Waals surface area contributed by atoms with Crippen LogP contribution >= 0.6 is 11.8 Å². The molecule has 1 aromatic rings. The van der Waals surface area contributed by atoms with E-state index in [2.05, 4.69) is 55.5 Å². The number of rotatable bonds is 5. The van der Waals surface area contributed by atoms with Gasteiger partial charge in [0.25, 0.3) is 0 Å². The molecule has 0 saturated carbocycles. The fourth-order valence-electron chi connectivity index (χ4n) is 1.64. The van der Waals surface area contributed by atoms with Gasteiger partial charge in [-0.3, -0.25) is 4.90 Å². The highest BCUT2D eigenvalue weighted by Crippen LogP contribution is 2.21. The summed E-state index contributed by atoms with van der Waals surface area (Å²) < 4.78 is 0. The van der Waals surface area contributed by atoms with Crippen LogP contribution in [0.25, 0.3) is 0 Å². The zero-order valence-electron chi connectivity index (χ0n) is 9.95. The largest absolute Gasteiger partial charge is 0.301 e. The Kier molecular flexibility index (Phi) is 5.15. The molecule has 0 aromatic heterocycles. The van der Waals surface area contributed by atoms with E-state index in [9.17, 15) is 0 Å². The van der Waals surface area contributed by atoms with Crippen LogP contribution in [0.5, 0.6) is 0 Å². The lowest BCUT2D eigenvalue weighted by molar-refractivity contribution is 0.264. The van der Waals surface area contributed by atoms with E-state index in [-0.39, 0.29) is 0 Å². The third-order valence-electron chi connectivity index (χ3n) is 2.30. The lowest BCUT2D eigenvalue weighted by Crippen LogP contribution is -2.30. The first-order valence-electron chi connectivity index (χ1n) is 5.25. The van der Waals surface area contributed by atoms with E-state index < -0.39 is 0 Å². The summed E-state index contributed by atoms with van der Waals surface area (Å²) in [6.07, 6.45) is 0.297. The van der Waals surface area contributed by atoms with Crippen LogP contribution in [-0.2, 0) is 0 Å². The monoisotopic (exact) mass is 224 g/mol. The molecule has 0 amide bonds. The van der Waals surface area contributed by atoms with Crippen LogP contribution < -0.4 is 5.32 Å². The number of benzene rings is 1. The van der Waals surface area contributed by atoms with Crippen LogP contribution in [0.1, 0.15) is 18.7 Å². The first kappa shape index (κ1) is 12.6. The van der Waals surface area contributed by atoms with Gasteiger partial charge in [-0.05, 0) is 44.6 Å². The zero-order valence-corrected chi connectivity index (χ0v) is 10.8. The number of thioether (sulfide) groups is 1. The van der Waals surface area contributed by atoms with E-state index in [4.69, 9.17) is 0 Å². The average molecular weight is 224 g/mol. The third kappa shape index (κ3) is 3.52. The molecule has 1 aromatic carbocycles. The highest BCUT2D eigenvalue weighted by atomic mass is 32.2. The zero-order chi connectivity index (χ0) is 11.3. The van der Waals surface area contributed by atoms with Crippen LogP contribution in [0.4, 0.5) is 0 Å². The third-order valence-corrected chi connectivity index (χ3v) is 3.19. The number of hydrogen-bond donors (Lipinski definition) is 1. The lowest BCUT2D eigenvalue weighted by atomic mass is 10.1. The molecule has 1 N–H and O–H groups in total. The average Bonchev–Trinajstić information content (AvgIpc) is 2.21. The second-order valence-electron chi connectivity index (χ2n) is 3.66. The Hall–Kier alpha value is -0.510. The fourth-order valence-corrected chi connectivity index (χ4v) is 2.30. The van der Waals surface area contributed by atoms with Crippen molar-refractivity contribution in [2.75, 3.05) is 26.9 Å². The van der Waals surface area contributed by atoms with Crippen LogP contribution in [0, 0.1) is 0 Å². The smallest absolute Gasteiger partial charge is 0.0853 e. The highest BCUT2D eigenvalue weighted by Gasteiger charge is 2.10. The van der Waals surface area contributed by atoms with Crippen LogP contribution in [0.2, 0.25) is 0 Å². The summed E-state index contributed by atoms with van der Waals surface area (Å²) in [5.74, 6) is 1.13. The van der Waals surface area contributed by atoms with Gasteiger partial charge in [-0.15, -0.1) is 11.8 Å². The van der Waals surface area contributed by atoms with Crippen LogP contribution in [0.15, 0.2) is 29.2 Å². The van der Waals surface area contributed by atoms with Crippen molar-refractivity contribution < 1.29 is 0 Å². The molecule has 0 spiro atoms. The molecule has 0 fully saturated rings. The Morgan fingerprint density at radius 2 is 1.87 bits per heavy atom. The molecular weight excluding hydrogens is 204 g/mol. The summed E-state index contributed by atoms with van der Waals surface area (Å²) in [7, 11) is 6.14.